The zero-order chi connectivity index (χ0) is 33.4. The first-order valence-electron chi connectivity index (χ1n) is 17.5. The minimum absolute atomic E-state index is 0.115. The highest BCUT2D eigenvalue weighted by Crippen LogP contribution is 2.52. The van der Waals surface area contributed by atoms with Crippen molar-refractivity contribution in [2.75, 3.05) is 4.90 Å². The van der Waals surface area contributed by atoms with Crippen LogP contribution in [-0.2, 0) is 5.41 Å². The lowest BCUT2D eigenvalue weighted by atomic mass is 9.82. The summed E-state index contributed by atoms with van der Waals surface area (Å²) in [6, 6.07) is 65.1. The second-order valence-corrected chi connectivity index (χ2v) is 14.1. The number of hydrogen-bond acceptors (Lipinski definition) is 1. The van der Waals surface area contributed by atoms with Crippen LogP contribution in [0.1, 0.15) is 25.0 Å². The van der Waals surface area contributed by atoms with Crippen molar-refractivity contribution in [3.05, 3.63) is 187 Å². The molecule has 0 spiro atoms. The molecule has 0 bridgehead atoms. The van der Waals surface area contributed by atoms with Gasteiger partial charge >= 0.3 is 0 Å². The molecule has 0 N–H and O–H groups in total. The number of nitrogens with zero attached hydrogens (tertiary/aromatic N) is 1. The fourth-order valence-electron chi connectivity index (χ4n) is 8.55. The van der Waals surface area contributed by atoms with Gasteiger partial charge in [-0.05, 0) is 95.9 Å². The maximum Gasteiger partial charge on any atom is 0.0546 e. The van der Waals surface area contributed by atoms with Gasteiger partial charge in [-0.1, -0.05) is 159 Å². The molecule has 50 heavy (non-hydrogen) atoms. The molecule has 0 atom stereocenters. The van der Waals surface area contributed by atoms with Gasteiger partial charge in [0.25, 0.3) is 0 Å². The Kier molecular flexibility index (Phi) is 6.29. The van der Waals surface area contributed by atoms with E-state index >= 15 is 0 Å². The van der Waals surface area contributed by atoms with Gasteiger partial charge in [0.05, 0.1) is 11.4 Å². The highest BCUT2D eigenvalue weighted by Gasteiger charge is 2.36. The first-order chi connectivity index (χ1) is 24.6. The smallest absolute Gasteiger partial charge is 0.0546 e. The molecule has 0 saturated heterocycles. The summed E-state index contributed by atoms with van der Waals surface area (Å²) in [6.07, 6.45) is 0. The molecular formula is C49H35N. The quantitative estimate of drug-likeness (QED) is 0.174. The van der Waals surface area contributed by atoms with Crippen molar-refractivity contribution in [2.24, 2.45) is 0 Å². The molecule has 1 nitrogen and oxygen atoms in total. The summed E-state index contributed by atoms with van der Waals surface area (Å²) in [5, 5.41) is 10.1. The normalized spacial score (nSPS) is 13.2. The van der Waals surface area contributed by atoms with E-state index in [9.17, 15) is 0 Å². The predicted molar refractivity (Wildman–Crippen MR) is 214 cm³/mol. The van der Waals surface area contributed by atoms with Crippen molar-refractivity contribution in [2.45, 2.75) is 19.3 Å². The topological polar surface area (TPSA) is 3.24 Å². The van der Waals surface area contributed by atoms with Gasteiger partial charge in [-0.3, -0.25) is 0 Å². The summed E-state index contributed by atoms with van der Waals surface area (Å²) in [5.74, 6) is 0. The van der Waals surface area contributed by atoms with Gasteiger partial charge in [-0.2, -0.15) is 0 Å². The molecule has 1 aliphatic rings. The molecule has 0 radical (unpaired) electrons. The third-order valence-electron chi connectivity index (χ3n) is 11.0. The van der Waals surface area contributed by atoms with Crippen LogP contribution >= 0.6 is 0 Å². The standard InChI is InChI=1S/C49H35N/c1-49(2)44-19-9-7-18-41(44)42-29-26-37(31-45(42)49)50(46-20-10-8-17-39(46)36-23-22-32-12-3-4-14-35(32)30-36)47-21-11-15-34-25-27-40-38-16-6-5-13-33(38)24-28-43(40)48(34)47/h3-31H,1-2H3. The average molecular weight is 638 g/mol. The molecule has 0 amide bonds. The Balaban J connectivity index is 1.28. The van der Waals surface area contributed by atoms with E-state index in [1.54, 1.807) is 0 Å². The Bertz CT molecular complexity index is 2800. The van der Waals surface area contributed by atoms with Crippen LogP contribution in [0.2, 0.25) is 0 Å². The van der Waals surface area contributed by atoms with Crippen LogP contribution in [0.5, 0.6) is 0 Å². The highest BCUT2D eigenvalue weighted by atomic mass is 15.1. The Morgan fingerprint density at radius 3 is 1.92 bits per heavy atom. The molecule has 9 aromatic rings. The van der Waals surface area contributed by atoms with E-state index < -0.39 is 0 Å². The van der Waals surface area contributed by atoms with Crippen LogP contribution in [0.3, 0.4) is 0 Å². The number of para-hydroxylation sites is 1. The lowest BCUT2D eigenvalue weighted by molar-refractivity contribution is 0.660. The highest BCUT2D eigenvalue weighted by molar-refractivity contribution is 6.21. The summed E-state index contributed by atoms with van der Waals surface area (Å²) < 4.78 is 0. The summed E-state index contributed by atoms with van der Waals surface area (Å²) in [6.45, 7) is 4.73. The molecule has 0 aliphatic heterocycles. The molecule has 9 aromatic carbocycles. The zero-order valence-electron chi connectivity index (χ0n) is 28.2. The number of anilines is 3. The molecule has 0 heterocycles. The van der Waals surface area contributed by atoms with E-state index in [1.165, 1.54) is 82.2 Å². The van der Waals surface area contributed by atoms with Crippen molar-refractivity contribution < 1.29 is 0 Å². The Morgan fingerprint density at radius 1 is 0.380 bits per heavy atom. The zero-order valence-corrected chi connectivity index (χ0v) is 28.2. The van der Waals surface area contributed by atoms with Crippen molar-refractivity contribution in [1.82, 2.24) is 0 Å². The third kappa shape index (κ3) is 4.27. The Labute approximate surface area is 292 Å². The number of benzene rings is 9. The largest absolute Gasteiger partial charge is 0.309 e. The Hall–Kier alpha value is -6.18. The molecule has 0 unspecified atom stereocenters. The molecule has 10 rings (SSSR count). The van der Waals surface area contributed by atoms with Crippen LogP contribution in [0.25, 0.3) is 65.3 Å². The van der Waals surface area contributed by atoms with Gasteiger partial charge in [0.1, 0.15) is 0 Å². The van der Waals surface area contributed by atoms with Gasteiger partial charge in [-0.25, -0.2) is 0 Å². The van der Waals surface area contributed by atoms with Crippen molar-refractivity contribution in [3.8, 4) is 22.3 Å². The van der Waals surface area contributed by atoms with Crippen LogP contribution in [0.15, 0.2) is 176 Å². The second kappa shape index (κ2) is 10.9. The van der Waals surface area contributed by atoms with Crippen LogP contribution in [0, 0.1) is 0 Å². The van der Waals surface area contributed by atoms with Crippen LogP contribution in [0.4, 0.5) is 17.1 Å². The summed E-state index contributed by atoms with van der Waals surface area (Å²) in [4.78, 5) is 2.51. The van der Waals surface area contributed by atoms with Gasteiger partial charge in [0, 0.05) is 22.1 Å². The summed E-state index contributed by atoms with van der Waals surface area (Å²) in [7, 11) is 0. The molecular weight excluding hydrogens is 603 g/mol. The molecule has 0 saturated carbocycles. The van der Waals surface area contributed by atoms with E-state index in [0.29, 0.717) is 0 Å². The van der Waals surface area contributed by atoms with Crippen LogP contribution in [-0.4, -0.2) is 0 Å². The van der Waals surface area contributed by atoms with Gasteiger partial charge in [0.15, 0.2) is 0 Å². The van der Waals surface area contributed by atoms with Crippen molar-refractivity contribution in [3.63, 3.8) is 0 Å². The molecule has 1 heteroatoms. The predicted octanol–water partition coefficient (Wildman–Crippen LogP) is 13.7. The fraction of sp³-hybridized carbons (Fsp3) is 0.0612. The first kappa shape index (κ1) is 28.8. The van der Waals surface area contributed by atoms with E-state index in [0.717, 1.165) is 11.4 Å². The lowest BCUT2D eigenvalue weighted by Gasteiger charge is -2.31. The monoisotopic (exact) mass is 637 g/mol. The van der Waals surface area contributed by atoms with E-state index in [4.69, 9.17) is 0 Å². The summed E-state index contributed by atoms with van der Waals surface area (Å²) in [5.41, 5.74) is 11.2. The molecule has 0 fully saturated rings. The maximum absolute atomic E-state index is 2.51. The number of rotatable bonds is 4. The van der Waals surface area contributed by atoms with Gasteiger partial charge in [0.2, 0.25) is 0 Å². The van der Waals surface area contributed by atoms with Gasteiger partial charge < -0.3 is 4.90 Å². The van der Waals surface area contributed by atoms with E-state index in [-0.39, 0.29) is 5.41 Å². The molecule has 1 aliphatic carbocycles. The lowest BCUT2D eigenvalue weighted by Crippen LogP contribution is -2.17. The minimum atomic E-state index is -0.115. The van der Waals surface area contributed by atoms with Crippen LogP contribution < -0.4 is 4.90 Å². The Morgan fingerprint density at radius 2 is 1.02 bits per heavy atom. The molecule has 0 aromatic heterocycles. The third-order valence-corrected chi connectivity index (χ3v) is 11.0. The van der Waals surface area contributed by atoms with E-state index in [2.05, 4.69) is 195 Å². The number of fused-ring (bicyclic) bond motifs is 9. The fourth-order valence-corrected chi connectivity index (χ4v) is 8.55. The van der Waals surface area contributed by atoms with Gasteiger partial charge in [-0.15, -0.1) is 0 Å². The maximum atomic E-state index is 2.51. The first-order valence-corrected chi connectivity index (χ1v) is 17.5. The average Bonchev–Trinajstić information content (AvgIpc) is 3.40. The van der Waals surface area contributed by atoms with E-state index in [1.807, 2.05) is 0 Å². The molecule has 236 valence electrons. The second-order valence-electron chi connectivity index (χ2n) is 14.1. The SMILES string of the molecule is CC1(C)c2ccccc2-c2ccc(N(c3ccccc3-c3ccc4ccccc4c3)c3cccc4ccc5c6ccccc6ccc5c34)cc21. The van der Waals surface area contributed by atoms with Crippen molar-refractivity contribution >= 4 is 60.2 Å². The minimum Gasteiger partial charge on any atom is -0.309 e. The van der Waals surface area contributed by atoms with Crippen molar-refractivity contribution in [1.29, 1.82) is 0 Å². The number of hydrogen-bond donors (Lipinski definition) is 0. The summed E-state index contributed by atoms with van der Waals surface area (Å²) >= 11 is 0.